The number of hydrogen-bond acceptors (Lipinski definition) is 14. The zero-order chi connectivity index (χ0) is 72.3. The first-order valence-electron chi connectivity index (χ1n) is 40.9. The van der Waals surface area contributed by atoms with Gasteiger partial charge in [-0.15, -0.1) is 0 Å². The van der Waals surface area contributed by atoms with Crippen LogP contribution in [-0.4, -0.2) is 95.9 Å². The summed E-state index contributed by atoms with van der Waals surface area (Å²) in [4.78, 5) is 58.6. The van der Waals surface area contributed by atoms with Gasteiger partial charge in [-0.25, -0.2) is 9.13 Å². The van der Waals surface area contributed by atoms with E-state index in [0.29, 0.717) is 19.3 Å². The molecule has 0 saturated heterocycles. The van der Waals surface area contributed by atoms with E-state index in [9.17, 15) is 43.5 Å². The van der Waals surface area contributed by atoms with Crippen LogP contribution in [0.4, 0.5) is 0 Å². The Balaban J connectivity index is 4.35. The monoisotopic (exact) mass is 1440 g/mol. The van der Waals surface area contributed by atoms with E-state index < -0.39 is 91.5 Å². The number of carbonyl (C=O) groups is 3. The Morgan fingerprint density at radius 1 is 0.283 bits per heavy atom. The Morgan fingerprint density at radius 2 is 0.505 bits per heavy atom. The van der Waals surface area contributed by atoms with Crippen molar-refractivity contribution in [2.75, 3.05) is 39.6 Å². The summed E-state index contributed by atoms with van der Waals surface area (Å²) in [5.41, 5.74) is 0. The highest BCUT2D eigenvalue weighted by molar-refractivity contribution is 7.47. The van der Waals surface area contributed by atoms with E-state index in [1.165, 1.54) is 257 Å². The van der Waals surface area contributed by atoms with Gasteiger partial charge in [-0.3, -0.25) is 32.5 Å². The second-order valence-corrected chi connectivity index (χ2v) is 30.8. The molecule has 0 aliphatic carbocycles. The minimum absolute atomic E-state index is 0.115. The molecule has 0 aromatic heterocycles. The van der Waals surface area contributed by atoms with Crippen LogP contribution >= 0.6 is 15.6 Å². The van der Waals surface area contributed by atoms with Crippen molar-refractivity contribution in [3.05, 3.63) is 48.6 Å². The third-order valence-corrected chi connectivity index (χ3v) is 20.0. The number of ether oxygens (including phenoxy) is 3. The number of rotatable bonds is 79. The fraction of sp³-hybridized carbons (Fsp3) is 0.864. The molecule has 0 aliphatic rings. The maximum absolute atomic E-state index is 12.9. The molecule has 5 unspecified atom stereocenters. The maximum Gasteiger partial charge on any atom is 0.472 e. The van der Waals surface area contributed by atoms with E-state index in [4.69, 9.17) is 32.3 Å². The first-order chi connectivity index (χ1) is 48.2. The van der Waals surface area contributed by atoms with Gasteiger partial charge in [0, 0.05) is 19.3 Å². The summed E-state index contributed by atoms with van der Waals surface area (Å²) >= 11 is 0. The van der Waals surface area contributed by atoms with Gasteiger partial charge in [0.25, 0.3) is 0 Å². The number of aliphatic hydroxyl groups excluding tert-OH is 2. The molecule has 0 fully saturated rings. The summed E-state index contributed by atoms with van der Waals surface area (Å²) in [5, 5.41) is 20.6. The Hall–Kier alpha value is -2.49. The van der Waals surface area contributed by atoms with Crippen molar-refractivity contribution in [2.45, 2.75) is 411 Å². The van der Waals surface area contributed by atoms with Crippen molar-refractivity contribution in [1.82, 2.24) is 0 Å². The first-order valence-corrected chi connectivity index (χ1v) is 43.9. The number of hydrogen-bond donors (Lipinski definition) is 4. The van der Waals surface area contributed by atoms with Gasteiger partial charge in [0.1, 0.15) is 25.4 Å². The van der Waals surface area contributed by atoms with Crippen LogP contribution in [0.2, 0.25) is 0 Å². The molecule has 18 heteroatoms. The van der Waals surface area contributed by atoms with E-state index in [0.717, 1.165) is 77.0 Å². The van der Waals surface area contributed by atoms with Crippen LogP contribution in [0.5, 0.6) is 0 Å². The van der Waals surface area contributed by atoms with Gasteiger partial charge in [0.15, 0.2) is 6.10 Å². The van der Waals surface area contributed by atoms with Crippen LogP contribution in [0.25, 0.3) is 0 Å². The van der Waals surface area contributed by atoms with Crippen LogP contribution in [0.3, 0.4) is 0 Å². The van der Waals surface area contributed by atoms with E-state index in [1.807, 2.05) is 0 Å². The lowest BCUT2D eigenvalue weighted by molar-refractivity contribution is -0.161. The van der Waals surface area contributed by atoms with E-state index in [1.54, 1.807) is 0 Å². The Labute approximate surface area is 606 Å². The van der Waals surface area contributed by atoms with Crippen molar-refractivity contribution in [3.63, 3.8) is 0 Å². The van der Waals surface area contributed by atoms with Crippen LogP contribution in [0.15, 0.2) is 48.6 Å². The molecule has 0 bridgehead atoms. The first kappa shape index (κ1) is 96.5. The summed E-state index contributed by atoms with van der Waals surface area (Å²) in [5.74, 6) is -1.54. The van der Waals surface area contributed by atoms with Crippen molar-refractivity contribution >= 4 is 33.6 Å². The van der Waals surface area contributed by atoms with Gasteiger partial charge in [-0.2, -0.15) is 0 Å². The van der Waals surface area contributed by atoms with Crippen LogP contribution in [-0.2, 0) is 55.8 Å². The second-order valence-electron chi connectivity index (χ2n) is 27.9. The molecule has 582 valence electrons. The van der Waals surface area contributed by atoms with Crippen molar-refractivity contribution in [2.24, 2.45) is 0 Å². The predicted octanol–water partition coefficient (Wildman–Crippen LogP) is 23.9. The van der Waals surface area contributed by atoms with Crippen LogP contribution < -0.4 is 0 Å². The topological polar surface area (TPSA) is 231 Å². The number of esters is 3. The molecule has 0 aliphatic heterocycles. The molecule has 0 radical (unpaired) electrons. The van der Waals surface area contributed by atoms with Crippen molar-refractivity contribution < 1.29 is 75.8 Å². The number of phosphoric ester groups is 2. The molecule has 99 heavy (non-hydrogen) atoms. The zero-order valence-electron chi connectivity index (χ0n) is 63.7. The molecule has 16 nitrogen and oxygen atoms in total. The predicted molar refractivity (Wildman–Crippen MR) is 409 cm³/mol. The van der Waals surface area contributed by atoms with Gasteiger partial charge < -0.3 is 34.2 Å². The molecule has 0 amide bonds. The highest BCUT2D eigenvalue weighted by Crippen LogP contribution is 2.45. The standard InChI is InChI=1S/C81H152O16P2/c1-4-7-10-13-16-19-22-25-28-29-30-31-32-33-34-35-36-37-38-39-40-41-42-43-44-45-48-50-52-55-58-61-64-67-79(84)91-70-76(82)71-93-98(87,88)94-72-77(83)73-95-99(89,90)96-75-78(97-81(86)69-66-63-60-57-54-51-47-27-24-21-18-15-12-9-6-3)74-92-80(85)68-65-62-59-56-53-49-46-26-23-20-17-14-11-8-5-2/h16,19,25,28,30-31,33-34,76-78,82-83H,4-15,17-18,20-24,26-27,29,32,35-75H2,1-3H3,(H,87,88)(H,89,90)/b19-16-,28-25-,31-30-,34-33-. The average Bonchev–Trinajstić information content (AvgIpc) is 1.43. The summed E-state index contributed by atoms with van der Waals surface area (Å²) in [7, 11) is -9.76. The third-order valence-electron chi connectivity index (χ3n) is 18.1. The van der Waals surface area contributed by atoms with Crippen molar-refractivity contribution in [3.8, 4) is 0 Å². The maximum atomic E-state index is 12.9. The SMILES string of the molecule is CCCCC/C=C\C/C=C\C/C=C\C/C=C\CCCCCCCCCCCCCCCCCCCC(=O)OCC(O)COP(=O)(O)OCC(O)COP(=O)(O)OCC(COC(=O)CCCCCCCCCCCCCCCCC)OC(=O)CCCCCCCCCCCCCCCCC. The lowest BCUT2D eigenvalue weighted by Crippen LogP contribution is -2.30. The zero-order valence-corrected chi connectivity index (χ0v) is 65.5. The third kappa shape index (κ3) is 76.5. The Morgan fingerprint density at radius 3 is 0.818 bits per heavy atom. The molecule has 0 aromatic carbocycles. The summed E-state index contributed by atoms with van der Waals surface area (Å²) in [6.45, 7) is 2.74. The lowest BCUT2D eigenvalue weighted by Gasteiger charge is -2.21. The average molecular weight is 1440 g/mol. The molecule has 0 spiro atoms. The molecule has 0 rings (SSSR count). The number of allylic oxidation sites excluding steroid dienone is 8. The summed E-state index contributed by atoms with van der Waals surface area (Å²) in [6, 6.07) is 0. The Bertz CT molecular complexity index is 2000. The van der Waals surface area contributed by atoms with Gasteiger partial charge in [-0.05, 0) is 64.2 Å². The summed E-state index contributed by atoms with van der Waals surface area (Å²) < 4.78 is 61.2. The second kappa shape index (κ2) is 75.2. The molecule has 0 heterocycles. The largest absolute Gasteiger partial charge is 0.472 e. The molecule has 5 atom stereocenters. The lowest BCUT2D eigenvalue weighted by atomic mass is 10.0. The highest BCUT2D eigenvalue weighted by atomic mass is 31.2. The molecule has 0 aromatic rings. The minimum Gasteiger partial charge on any atom is -0.463 e. The molecule has 4 N–H and O–H groups in total. The Kier molecular flexibility index (Phi) is 73.3. The quantitative estimate of drug-likeness (QED) is 0.0146. The highest BCUT2D eigenvalue weighted by Gasteiger charge is 2.29. The number of phosphoric acid groups is 2. The van der Waals surface area contributed by atoms with E-state index in [2.05, 4.69) is 69.4 Å². The van der Waals surface area contributed by atoms with Crippen LogP contribution in [0, 0.1) is 0 Å². The molecule has 0 saturated carbocycles. The van der Waals surface area contributed by atoms with Crippen LogP contribution in [0.1, 0.15) is 393 Å². The summed E-state index contributed by atoms with van der Waals surface area (Å²) in [6.07, 6.45) is 80.3. The number of aliphatic hydroxyl groups is 2. The minimum atomic E-state index is -4.92. The fourth-order valence-electron chi connectivity index (χ4n) is 11.8. The van der Waals surface area contributed by atoms with Crippen molar-refractivity contribution in [1.29, 1.82) is 0 Å². The molecular weight excluding hydrogens is 1290 g/mol. The molecular formula is C81H152O16P2. The van der Waals surface area contributed by atoms with Gasteiger partial charge in [-0.1, -0.05) is 358 Å². The van der Waals surface area contributed by atoms with Gasteiger partial charge >= 0.3 is 33.6 Å². The van der Waals surface area contributed by atoms with E-state index >= 15 is 0 Å². The fourth-order valence-corrected chi connectivity index (χ4v) is 13.4. The van der Waals surface area contributed by atoms with Gasteiger partial charge in [0.2, 0.25) is 0 Å². The number of unbranched alkanes of at least 4 members (excludes halogenated alkanes) is 48. The normalized spacial score (nSPS) is 14.2. The smallest absolute Gasteiger partial charge is 0.463 e. The van der Waals surface area contributed by atoms with Gasteiger partial charge in [0.05, 0.1) is 26.4 Å². The number of carbonyl (C=O) groups excluding carboxylic acids is 3. The van der Waals surface area contributed by atoms with E-state index in [-0.39, 0.29) is 19.3 Å².